The van der Waals surface area contributed by atoms with Crippen molar-refractivity contribution >= 4 is 61.9 Å². The summed E-state index contributed by atoms with van der Waals surface area (Å²) in [5.41, 5.74) is 13.2. The van der Waals surface area contributed by atoms with Gasteiger partial charge in [0.2, 0.25) is 0 Å². The first-order chi connectivity index (χ1) is 28.7. The summed E-state index contributed by atoms with van der Waals surface area (Å²) < 4.78 is 18.2. The van der Waals surface area contributed by atoms with Crippen molar-refractivity contribution in [2.24, 2.45) is 0 Å². The van der Waals surface area contributed by atoms with Crippen LogP contribution in [0.5, 0.6) is 0 Å². The Hall–Kier alpha value is -7.19. The Kier molecular flexibility index (Phi) is 8.10. The Labute approximate surface area is 338 Å². The zero-order valence-electron chi connectivity index (χ0n) is 31.6. The summed E-state index contributed by atoms with van der Waals surface area (Å²) in [7, 11) is -3.21. The van der Waals surface area contributed by atoms with E-state index in [4.69, 9.17) is 0 Å². The van der Waals surface area contributed by atoms with Crippen molar-refractivity contribution in [2.45, 2.75) is 0 Å². The lowest BCUT2D eigenvalue weighted by atomic mass is 10.0. The van der Waals surface area contributed by atoms with Gasteiger partial charge in [0.15, 0.2) is 7.14 Å². The third-order valence-corrected chi connectivity index (χ3v) is 14.8. The first-order valence-corrected chi connectivity index (χ1v) is 21.4. The Bertz CT molecular complexity index is 3160. The number of anilines is 3. The molecule has 0 spiro atoms. The molecule has 0 saturated heterocycles. The quantitative estimate of drug-likeness (QED) is 0.151. The lowest BCUT2D eigenvalue weighted by Crippen LogP contribution is -2.22. The predicted octanol–water partition coefficient (Wildman–Crippen LogP) is 13.2. The average molecular weight is 761 g/mol. The summed E-state index contributed by atoms with van der Waals surface area (Å²) in [5, 5.41) is 4.95. The van der Waals surface area contributed by atoms with E-state index in [0.717, 1.165) is 82.7 Å². The molecule has 1 atom stereocenters. The van der Waals surface area contributed by atoms with Crippen molar-refractivity contribution in [3.63, 3.8) is 0 Å². The molecule has 0 amide bonds. The van der Waals surface area contributed by atoms with Crippen LogP contribution in [0.25, 0.3) is 60.9 Å². The molecule has 9 aromatic carbocycles. The molecule has 1 aliphatic heterocycles. The summed E-state index contributed by atoms with van der Waals surface area (Å²) >= 11 is 0. The monoisotopic (exact) mass is 760 g/mol. The second kappa shape index (κ2) is 13.8. The molecule has 0 saturated carbocycles. The molecule has 58 heavy (non-hydrogen) atoms. The SMILES string of the molecule is O=P1(c2ccccc2)c2ccccc2-c2ccc3c4ccccc4n(-c4ccc(-c5ccc(N(c6ccccc6)c6ccc(-c7ccccc7)cc6)cc5)cc4)c3c21. The largest absolute Gasteiger partial charge is 0.311 e. The molecule has 10 aromatic rings. The van der Waals surface area contributed by atoms with E-state index >= 15 is 4.57 Å². The van der Waals surface area contributed by atoms with E-state index in [9.17, 15) is 0 Å². The second-order valence-corrected chi connectivity index (χ2v) is 17.5. The maximum absolute atomic E-state index is 15.9. The topological polar surface area (TPSA) is 25.2 Å². The van der Waals surface area contributed by atoms with Gasteiger partial charge in [0.1, 0.15) is 0 Å². The molecule has 274 valence electrons. The van der Waals surface area contributed by atoms with Crippen LogP contribution in [0.1, 0.15) is 0 Å². The maximum atomic E-state index is 15.9. The van der Waals surface area contributed by atoms with E-state index in [1.165, 1.54) is 11.1 Å². The molecule has 3 nitrogen and oxygen atoms in total. The highest BCUT2D eigenvalue weighted by Crippen LogP contribution is 2.55. The van der Waals surface area contributed by atoms with Gasteiger partial charge in [-0.3, -0.25) is 0 Å². The third kappa shape index (κ3) is 5.39. The van der Waals surface area contributed by atoms with Crippen LogP contribution in [0.15, 0.2) is 224 Å². The van der Waals surface area contributed by atoms with Crippen molar-refractivity contribution in [3.05, 3.63) is 224 Å². The van der Waals surface area contributed by atoms with Crippen LogP contribution in [-0.2, 0) is 4.57 Å². The van der Waals surface area contributed by atoms with Gasteiger partial charge < -0.3 is 14.0 Å². The van der Waals surface area contributed by atoms with Crippen molar-refractivity contribution in [1.29, 1.82) is 0 Å². The van der Waals surface area contributed by atoms with Crippen LogP contribution in [0.3, 0.4) is 0 Å². The summed E-state index contributed by atoms with van der Waals surface area (Å²) in [6.45, 7) is 0. The van der Waals surface area contributed by atoms with E-state index < -0.39 is 7.14 Å². The summed E-state index contributed by atoms with van der Waals surface area (Å²) in [5.74, 6) is 0. The van der Waals surface area contributed by atoms with Gasteiger partial charge >= 0.3 is 0 Å². The fraction of sp³-hybridized carbons (Fsp3) is 0. The molecule has 0 fully saturated rings. The van der Waals surface area contributed by atoms with Gasteiger partial charge in [0, 0.05) is 44.1 Å². The van der Waals surface area contributed by atoms with Gasteiger partial charge in [-0.05, 0) is 88.0 Å². The van der Waals surface area contributed by atoms with Crippen LogP contribution in [0.4, 0.5) is 17.1 Å². The molecule has 4 heteroatoms. The number of benzene rings is 9. The highest BCUT2D eigenvalue weighted by Gasteiger charge is 2.42. The van der Waals surface area contributed by atoms with E-state index in [0.29, 0.717) is 0 Å². The summed E-state index contributed by atoms with van der Waals surface area (Å²) in [6.07, 6.45) is 0. The van der Waals surface area contributed by atoms with E-state index in [-0.39, 0.29) is 0 Å². The number of hydrogen-bond acceptors (Lipinski definition) is 2. The van der Waals surface area contributed by atoms with Crippen molar-refractivity contribution in [1.82, 2.24) is 4.57 Å². The minimum atomic E-state index is -3.21. The van der Waals surface area contributed by atoms with Crippen molar-refractivity contribution in [3.8, 4) is 39.1 Å². The Morgan fingerprint density at radius 2 is 0.879 bits per heavy atom. The molecule has 0 radical (unpaired) electrons. The molecule has 0 N–H and O–H groups in total. The molecule has 1 aromatic heterocycles. The lowest BCUT2D eigenvalue weighted by molar-refractivity contribution is 0.593. The zero-order valence-corrected chi connectivity index (χ0v) is 32.5. The maximum Gasteiger partial charge on any atom is 0.174 e. The van der Waals surface area contributed by atoms with Gasteiger partial charge in [-0.25, -0.2) is 0 Å². The highest BCUT2D eigenvalue weighted by molar-refractivity contribution is 7.86. The second-order valence-electron chi connectivity index (χ2n) is 14.9. The number of fused-ring (bicyclic) bond motifs is 7. The molecule has 1 unspecified atom stereocenters. The molecular weight excluding hydrogens is 724 g/mol. The van der Waals surface area contributed by atoms with Gasteiger partial charge in [-0.2, -0.15) is 0 Å². The molecule has 0 aliphatic carbocycles. The Balaban J connectivity index is 0.996. The molecule has 1 aliphatic rings. The molecule has 11 rings (SSSR count). The van der Waals surface area contributed by atoms with Crippen LogP contribution in [0.2, 0.25) is 0 Å². The highest BCUT2D eigenvalue weighted by atomic mass is 31.2. The average Bonchev–Trinajstić information content (AvgIpc) is 3.78. The van der Waals surface area contributed by atoms with E-state index in [1.807, 2.05) is 36.4 Å². The third-order valence-electron chi connectivity index (χ3n) is 11.6. The normalized spacial score (nSPS) is 14.3. The lowest BCUT2D eigenvalue weighted by Gasteiger charge is -2.26. The van der Waals surface area contributed by atoms with Gasteiger partial charge in [0.05, 0.1) is 16.3 Å². The van der Waals surface area contributed by atoms with E-state index in [2.05, 4.69) is 198 Å². The van der Waals surface area contributed by atoms with Crippen LogP contribution >= 0.6 is 7.14 Å². The number of rotatable bonds is 7. The van der Waals surface area contributed by atoms with Crippen molar-refractivity contribution < 1.29 is 4.57 Å². The first kappa shape index (κ1) is 34.1. The van der Waals surface area contributed by atoms with Crippen molar-refractivity contribution in [2.75, 3.05) is 4.90 Å². The van der Waals surface area contributed by atoms with Crippen LogP contribution in [-0.4, -0.2) is 4.57 Å². The van der Waals surface area contributed by atoms with Crippen LogP contribution < -0.4 is 20.8 Å². The standard InChI is InChI=1S/C54H37N2OP/c57-58(46-18-8-3-9-19-46)52-23-13-11-21-48(52)50-37-36-49-47-20-10-12-22-51(47)56(53(49)54(50)58)45-34-28-41(29-35-45)40-26-32-44(33-27-40)55(42-16-6-2-7-17-42)43-30-24-39(25-31-43)38-14-4-1-5-15-38/h1-37H. The minimum absolute atomic E-state index is 0.860. The smallest absolute Gasteiger partial charge is 0.174 e. The molecular formula is C54H37N2OP. The number of para-hydroxylation sites is 2. The number of nitrogens with zero attached hydrogens (tertiary/aromatic N) is 2. The zero-order chi connectivity index (χ0) is 38.6. The predicted molar refractivity (Wildman–Crippen MR) is 245 cm³/mol. The minimum Gasteiger partial charge on any atom is -0.311 e. The van der Waals surface area contributed by atoms with Gasteiger partial charge in [0.25, 0.3) is 0 Å². The first-order valence-electron chi connectivity index (χ1n) is 19.7. The van der Waals surface area contributed by atoms with E-state index in [1.54, 1.807) is 0 Å². The van der Waals surface area contributed by atoms with Gasteiger partial charge in [-0.1, -0.05) is 170 Å². The van der Waals surface area contributed by atoms with Crippen LogP contribution in [0, 0.1) is 0 Å². The Morgan fingerprint density at radius 3 is 1.53 bits per heavy atom. The molecule has 2 heterocycles. The summed E-state index contributed by atoms with van der Waals surface area (Å²) in [6, 6.07) is 78.7. The number of aromatic nitrogens is 1. The fourth-order valence-corrected chi connectivity index (χ4v) is 12.2. The molecule has 0 bridgehead atoms. The fourth-order valence-electron chi connectivity index (χ4n) is 8.91. The number of hydrogen-bond donors (Lipinski definition) is 0. The summed E-state index contributed by atoms with van der Waals surface area (Å²) in [4.78, 5) is 2.30. The van der Waals surface area contributed by atoms with Gasteiger partial charge in [-0.15, -0.1) is 0 Å². The Morgan fingerprint density at radius 1 is 0.379 bits per heavy atom.